The van der Waals surface area contributed by atoms with Crippen molar-refractivity contribution in [3.05, 3.63) is 28.2 Å². The number of anilines is 1. The molecule has 1 aromatic carbocycles. The molecule has 0 aromatic heterocycles. The highest BCUT2D eigenvalue weighted by atomic mass is 79.9. The quantitative estimate of drug-likeness (QED) is 0.494. The zero-order valence-corrected chi connectivity index (χ0v) is 11.4. The van der Waals surface area contributed by atoms with Crippen molar-refractivity contribution in [1.82, 2.24) is 0 Å². The molecule has 0 heterocycles. The van der Waals surface area contributed by atoms with Crippen molar-refractivity contribution >= 4 is 27.5 Å². The second kappa shape index (κ2) is 6.98. The minimum Gasteiger partial charge on any atom is -0.372 e. The summed E-state index contributed by atoms with van der Waals surface area (Å²) in [5, 5.41) is 2.04. The summed E-state index contributed by atoms with van der Waals surface area (Å²) in [4.78, 5) is 11.3. The molecule has 0 fully saturated rings. The first-order chi connectivity index (χ1) is 9.19. The standard InChI is InChI=1S/C11H9BrF5NO2/c12-6-3-8(14)9(4-7(6)13)18-10(19)1-2-20-5-11(15,16)17/h3-4H,1-2,5H2,(H,18,19). The van der Waals surface area contributed by atoms with Crippen molar-refractivity contribution in [1.29, 1.82) is 0 Å². The number of hydrogen-bond donors (Lipinski definition) is 1. The van der Waals surface area contributed by atoms with E-state index in [0.717, 1.165) is 12.1 Å². The number of rotatable bonds is 5. The number of halogens is 6. The molecule has 0 aliphatic carbocycles. The summed E-state index contributed by atoms with van der Waals surface area (Å²) in [5.41, 5.74) is -0.397. The van der Waals surface area contributed by atoms with Crippen molar-refractivity contribution in [2.45, 2.75) is 12.6 Å². The van der Waals surface area contributed by atoms with Crippen LogP contribution in [0.1, 0.15) is 6.42 Å². The van der Waals surface area contributed by atoms with Crippen LogP contribution in [-0.2, 0) is 9.53 Å². The van der Waals surface area contributed by atoms with Crippen LogP contribution in [0.4, 0.5) is 27.6 Å². The second-order valence-electron chi connectivity index (χ2n) is 3.71. The van der Waals surface area contributed by atoms with Crippen LogP contribution in [0, 0.1) is 11.6 Å². The lowest BCUT2D eigenvalue weighted by molar-refractivity contribution is -0.174. The van der Waals surface area contributed by atoms with E-state index in [0.29, 0.717) is 0 Å². The molecule has 1 rings (SSSR count). The van der Waals surface area contributed by atoms with Crippen LogP contribution in [0.3, 0.4) is 0 Å². The molecule has 1 N–H and O–H groups in total. The van der Waals surface area contributed by atoms with Crippen LogP contribution in [0.2, 0.25) is 0 Å². The molecular weight excluding hydrogens is 353 g/mol. The smallest absolute Gasteiger partial charge is 0.372 e. The Kier molecular flexibility index (Phi) is 5.88. The van der Waals surface area contributed by atoms with Gasteiger partial charge in [-0.05, 0) is 22.0 Å². The molecule has 0 bridgehead atoms. The van der Waals surface area contributed by atoms with Crippen molar-refractivity contribution < 1.29 is 31.5 Å². The largest absolute Gasteiger partial charge is 0.411 e. The lowest BCUT2D eigenvalue weighted by Gasteiger charge is -2.09. The molecule has 20 heavy (non-hydrogen) atoms. The Bertz CT molecular complexity index is 492. The van der Waals surface area contributed by atoms with E-state index >= 15 is 0 Å². The van der Waals surface area contributed by atoms with E-state index in [2.05, 4.69) is 20.7 Å². The first-order valence-corrected chi connectivity index (χ1v) is 6.07. The summed E-state index contributed by atoms with van der Waals surface area (Å²) >= 11 is 2.76. The molecule has 0 saturated carbocycles. The molecule has 0 atom stereocenters. The number of hydrogen-bond acceptors (Lipinski definition) is 2. The summed E-state index contributed by atoms with van der Waals surface area (Å²) in [6.45, 7) is -1.95. The maximum atomic E-state index is 13.3. The zero-order chi connectivity index (χ0) is 15.3. The number of carbonyl (C=O) groups excluding carboxylic acids is 1. The van der Waals surface area contributed by atoms with Crippen LogP contribution in [0.5, 0.6) is 0 Å². The van der Waals surface area contributed by atoms with E-state index in [1.807, 2.05) is 5.32 Å². The van der Waals surface area contributed by atoms with Gasteiger partial charge in [0.1, 0.15) is 18.2 Å². The molecule has 9 heteroatoms. The summed E-state index contributed by atoms with van der Waals surface area (Å²) in [7, 11) is 0. The number of carbonyl (C=O) groups is 1. The summed E-state index contributed by atoms with van der Waals surface area (Å²) in [6, 6.07) is 1.58. The van der Waals surface area contributed by atoms with Crippen molar-refractivity contribution in [2.75, 3.05) is 18.5 Å². The lowest BCUT2D eigenvalue weighted by Crippen LogP contribution is -2.20. The Morgan fingerprint density at radius 1 is 1.25 bits per heavy atom. The summed E-state index contributed by atoms with van der Waals surface area (Å²) < 4.78 is 65.8. The number of nitrogens with one attached hydrogen (secondary N) is 1. The Hall–Kier alpha value is -1.22. The number of alkyl halides is 3. The van der Waals surface area contributed by atoms with E-state index in [4.69, 9.17) is 0 Å². The highest BCUT2D eigenvalue weighted by Crippen LogP contribution is 2.23. The fourth-order valence-corrected chi connectivity index (χ4v) is 1.50. The van der Waals surface area contributed by atoms with Gasteiger partial charge in [-0.15, -0.1) is 0 Å². The highest BCUT2D eigenvalue weighted by molar-refractivity contribution is 9.10. The van der Waals surface area contributed by atoms with Gasteiger partial charge in [0.05, 0.1) is 23.2 Å². The Morgan fingerprint density at radius 3 is 2.50 bits per heavy atom. The molecule has 0 spiro atoms. The molecule has 1 amide bonds. The average Bonchev–Trinajstić information content (AvgIpc) is 2.30. The van der Waals surface area contributed by atoms with E-state index in [9.17, 15) is 26.7 Å². The van der Waals surface area contributed by atoms with Crippen LogP contribution < -0.4 is 5.32 Å². The van der Waals surface area contributed by atoms with Gasteiger partial charge in [-0.2, -0.15) is 13.2 Å². The molecular formula is C11H9BrF5NO2. The van der Waals surface area contributed by atoms with Gasteiger partial charge in [-0.3, -0.25) is 4.79 Å². The summed E-state index contributed by atoms with van der Waals surface area (Å²) in [6.07, 6.45) is -4.88. The summed E-state index contributed by atoms with van der Waals surface area (Å²) in [5.74, 6) is -2.44. The Balaban J connectivity index is 2.45. The molecule has 0 saturated heterocycles. The van der Waals surface area contributed by atoms with Crippen LogP contribution in [0.15, 0.2) is 16.6 Å². The second-order valence-corrected chi connectivity index (χ2v) is 4.57. The molecule has 3 nitrogen and oxygen atoms in total. The first kappa shape index (κ1) is 16.8. The Labute approximate surface area is 119 Å². The predicted octanol–water partition coefficient (Wildman–Crippen LogP) is 3.63. The lowest BCUT2D eigenvalue weighted by atomic mass is 10.3. The number of ether oxygens (including phenoxy) is 1. The third kappa shape index (κ3) is 5.83. The van der Waals surface area contributed by atoms with E-state index in [-0.39, 0.29) is 4.47 Å². The van der Waals surface area contributed by atoms with E-state index < -0.39 is 49.0 Å². The van der Waals surface area contributed by atoms with Crippen LogP contribution in [0.25, 0.3) is 0 Å². The monoisotopic (exact) mass is 361 g/mol. The molecule has 0 aliphatic heterocycles. The topological polar surface area (TPSA) is 38.3 Å². The van der Waals surface area contributed by atoms with Crippen molar-refractivity contribution in [3.63, 3.8) is 0 Å². The molecule has 0 aliphatic rings. The van der Waals surface area contributed by atoms with Gasteiger partial charge in [-0.1, -0.05) is 0 Å². The van der Waals surface area contributed by atoms with Gasteiger partial charge in [0.15, 0.2) is 0 Å². The van der Waals surface area contributed by atoms with Gasteiger partial charge < -0.3 is 10.1 Å². The van der Waals surface area contributed by atoms with Gasteiger partial charge in [0.2, 0.25) is 5.91 Å². The normalized spacial score (nSPS) is 11.5. The fourth-order valence-electron chi connectivity index (χ4n) is 1.18. The van der Waals surface area contributed by atoms with E-state index in [1.165, 1.54) is 0 Å². The third-order valence-electron chi connectivity index (χ3n) is 2.02. The van der Waals surface area contributed by atoms with Crippen LogP contribution in [-0.4, -0.2) is 25.3 Å². The van der Waals surface area contributed by atoms with Gasteiger partial charge in [-0.25, -0.2) is 8.78 Å². The van der Waals surface area contributed by atoms with Crippen molar-refractivity contribution in [2.24, 2.45) is 0 Å². The number of benzene rings is 1. The maximum Gasteiger partial charge on any atom is 0.411 e. The fraction of sp³-hybridized carbons (Fsp3) is 0.364. The maximum absolute atomic E-state index is 13.3. The predicted molar refractivity (Wildman–Crippen MR) is 64.2 cm³/mol. The highest BCUT2D eigenvalue weighted by Gasteiger charge is 2.27. The number of amides is 1. The van der Waals surface area contributed by atoms with E-state index in [1.54, 1.807) is 0 Å². The molecule has 112 valence electrons. The van der Waals surface area contributed by atoms with Crippen molar-refractivity contribution in [3.8, 4) is 0 Å². The first-order valence-electron chi connectivity index (χ1n) is 5.28. The van der Waals surface area contributed by atoms with Gasteiger partial charge in [0, 0.05) is 6.07 Å². The molecule has 1 aromatic rings. The molecule has 0 radical (unpaired) electrons. The SMILES string of the molecule is O=C(CCOCC(F)(F)F)Nc1cc(F)c(Br)cc1F. The van der Waals surface area contributed by atoms with Crippen LogP contribution >= 0.6 is 15.9 Å². The van der Waals surface area contributed by atoms with Gasteiger partial charge in [0.25, 0.3) is 0 Å². The molecule has 0 unspecified atom stereocenters. The average molecular weight is 362 g/mol. The van der Waals surface area contributed by atoms with Gasteiger partial charge >= 0.3 is 6.18 Å². The minimum absolute atomic E-state index is 0.110. The minimum atomic E-state index is -4.47. The Morgan fingerprint density at radius 2 is 1.90 bits per heavy atom. The third-order valence-corrected chi connectivity index (χ3v) is 2.63. The zero-order valence-electron chi connectivity index (χ0n) is 9.86.